The first-order valence-corrected chi connectivity index (χ1v) is 5.47. The van der Waals surface area contributed by atoms with Crippen LogP contribution in [0.5, 0.6) is 0 Å². The topological polar surface area (TPSA) is 0 Å². The molecule has 2 rings (SSSR count). The number of thiol groups is 1. The first kappa shape index (κ1) is 14.9. The van der Waals surface area contributed by atoms with Crippen molar-refractivity contribution in [1.82, 2.24) is 0 Å². The smallest absolute Gasteiger partial charge is 0.0175 e. The molecule has 0 N–H and O–H groups in total. The van der Waals surface area contributed by atoms with E-state index < -0.39 is 0 Å². The van der Waals surface area contributed by atoms with Crippen LogP contribution in [0.1, 0.15) is 0 Å². The van der Waals surface area contributed by atoms with E-state index in [4.69, 9.17) is 0 Å². The average molecular weight is 333 g/mol. The molecule has 2 aromatic rings. The molecule has 0 aliphatic carbocycles. The second-order valence-electron chi connectivity index (χ2n) is 2.63. The van der Waals surface area contributed by atoms with E-state index in [1.54, 1.807) is 0 Å². The van der Waals surface area contributed by atoms with Crippen molar-refractivity contribution in [3.63, 3.8) is 0 Å². The zero-order valence-corrected chi connectivity index (χ0v) is 13.8. The van der Waals surface area contributed by atoms with Crippen molar-refractivity contribution < 1.29 is 19.5 Å². The Hall–Kier alpha value is -0.107. The van der Waals surface area contributed by atoms with Crippen LogP contribution in [0.3, 0.4) is 0 Å². The van der Waals surface area contributed by atoms with Crippen LogP contribution in [0, 0.1) is 0 Å². The van der Waals surface area contributed by atoms with E-state index in [-0.39, 0.29) is 19.5 Å². The van der Waals surface area contributed by atoms with Gasteiger partial charge in [0.25, 0.3) is 0 Å². The van der Waals surface area contributed by atoms with Gasteiger partial charge in [0.2, 0.25) is 0 Å². The van der Waals surface area contributed by atoms with Crippen LogP contribution in [-0.4, -0.2) is 0 Å². The van der Waals surface area contributed by atoms with Gasteiger partial charge in [-0.1, -0.05) is 52.3 Å². The van der Waals surface area contributed by atoms with Gasteiger partial charge in [0.15, 0.2) is 0 Å². The summed E-state index contributed by atoms with van der Waals surface area (Å²) in [5.74, 6) is 0. The van der Waals surface area contributed by atoms with Gasteiger partial charge in [-0.2, -0.15) is 0 Å². The number of hydrogen-bond donors (Lipinski definition) is 1. The fourth-order valence-electron chi connectivity index (χ4n) is 0.843. The van der Waals surface area contributed by atoms with E-state index in [1.807, 2.05) is 60.7 Å². The van der Waals surface area contributed by atoms with Crippen LogP contribution < -0.4 is 0 Å². The van der Waals surface area contributed by atoms with Crippen LogP contribution in [-0.2, 0) is 19.5 Å². The van der Waals surface area contributed by atoms with Gasteiger partial charge >= 0.3 is 0 Å². The Morgan fingerprint density at radius 2 is 1.13 bits per heavy atom. The SMILES string of the molecule is Brc1ccccc1.Sc1ccccc1.[Zn]. The summed E-state index contributed by atoms with van der Waals surface area (Å²) < 4.78 is 1.13. The molecule has 0 radical (unpaired) electrons. The van der Waals surface area contributed by atoms with Gasteiger partial charge in [-0.05, 0) is 24.3 Å². The molecule has 0 atom stereocenters. The van der Waals surface area contributed by atoms with E-state index in [9.17, 15) is 0 Å². The molecule has 0 nitrogen and oxygen atoms in total. The molecule has 0 aliphatic heterocycles. The van der Waals surface area contributed by atoms with E-state index >= 15 is 0 Å². The summed E-state index contributed by atoms with van der Waals surface area (Å²) in [6.07, 6.45) is 0. The summed E-state index contributed by atoms with van der Waals surface area (Å²) >= 11 is 7.40. The third-order valence-electron chi connectivity index (χ3n) is 1.49. The van der Waals surface area contributed by atoms with Gasteiger partial charge in [-0.3, -0.25) is 0 Å². The Morgan fingerprint density at radius 3 is 1.33 bits per heavy atom. The summed E-state index contributed by atoms with van der Waals surface area (Å²) in [7, 11) is 0. The molecule has 0 unspecified atom stereocenters. The normalized spacial score (nSPS) is 8.13. The molecule has 0 aromatic heterocycles. The zero-order chi connectivity index (χ0) is 10.2. The van der Waals surface area contributed by atoms with Crippen molar-refractivity contribution in [1.29, 1.82) is 0 Å². The number of hydrogen-bond acceptors (Lipinski definition) is 1. The number of halogens is 1. The maximum atomic E-state index is 4.08. The molecule has 2 aromatic carbocycles. The van der Waals surface area contributed by atoms with E-state index in [2.05, 4.69) is 28.6 Å². The van der Waals surface area contributed by atoms with Crippen molar-refractivity contribution in [2.24, 2.45) is 0 Å². The monoisotopic (exact) mass is 330 g/mol. The molecule has 0 amide bonds. The molecular weight excluding hydrogens is 321 g/mol. The Labute approximate surface area is 117 Å². The Morgan fingerprint density at radius 1 is 0.733 bits per heavy atom. The Kier molecular flexibility index (Phi) is 9.08. The van der Waals surface area contributed by atoms with Crippen LogP contribution >= 0.6 is 28.6 Å². The maximum Gasteiger partial charge on any atom is 0.0175 e. The Balaban J connectivity index is 0.000000245. The molecule has 74 valence electrons. The van der Waals surface area contributed by atoms with Gasteiger partial charge in [-0.25, -0.2) is 0 Å². The minimum Gasteiger partial charge on any atom is -0.143 e. The minimum absolute atomic E-state index is 0. The van der Waals surface area contributed by atoms with Crippen molar-refractivity contribution in [2.75, 3.05) is 0 Å². The summed E-state index contributed by atoms with van der Waals surface area (Å²) in [5.41, 5.74) is 0. The van der Waals surface area contributed by atoms with Crippen LogP contribution in [0.15, 0.2) is 70.0 Å². The zero-order valence-electron chi connectivity index (χ0n) is 8.31. The number of benzene rings is 2. The quantitative estimate of drug-likeness (QED) is 0.536. The van der Waals surface area contributed by atoms with Crippen LogP contribution in [0.4, 0.5) is 0 Å². The predicted molar refractivity (Wildman–Crippen MR) is 67.8 cm³/mol. The van der Waals surface area contributed by atoms with Crippen molar-refractivity contribution in [2.45, 2.75) is 4.90 Å². The molecule has 0 saturated heterocycles. The summed E-state index contributed by atoms with van der Waals surface area (Å²) in [6.45, 7) is 0. The van der Waals surface area contributed by atoms with E-state index in [0.29, 0.717) is 0 Å². The maximum absolute atomic E-state index is 4.08. The third kappa shape index (κ3) is 7.78. The standard InChI is InChI=1S/C6H5Br.C6H6S.Zn/c2*7-6-4-2-1-3-5-6;/h1-5H;1-5,7H;. The van der Waals surface area contributed by atoms with Crippen molar-refractivity contribution in [3.8, 4) is 0 Å². The molecular formula is C12H11BrSZn. The van der Waals surface area contributed by atoms with Crippen molar-refractivity contribution in [3.05, 3.63) is 65.1 Å². The predicted octanol–water partition coefficient (Wildman–Crippen LogP) is 4.42. The van der Waals surface area contributed by atoms with E-state index in [1.165, 1.54) is 0 Å². The fraction of sp³-hybridized carbons (Fsp3) is 0. The first-order valence-electron chi connectivity index (χ1n) is 4.23. The second-order valence-corrected chi connectivity index (χ2v) is 4.06. The average Bonchev–Trinajstić information content (AvgIpc) is 2.21. The van der Waals surface area contributed by atoms with E-state index in [0.717, 1.165) is 9.37 Å². The molecule has 0 heterocycles. The number of rotatable bonds is 0. The van der Waals surface area contributed by atoms with Crippen LogP contribution in [0.2, 0.25) is 0 Å². The molecule has 15 heavy (non-hydrogen) atoms. The van der Waals surface area contributed by atoms with Gasteiger partial charge in [-0.15, -0.1) is 12.6 Å². The molecule has 0 saturated carbocycles. The van der Waals surface area contributed by atoms with Gasteiger partial charge in [0.1, 0.15) is 0 Å². The molecule has 0 fully saturated rings. The summed E-state index contributed by atoms with van der Waals surface area (Å²) in [6, 6.07) is 19.8. The van der Waals surface area contributed by atoms with Gasteiger partial charge in [0, 0.05) is 28.8 Å². The third-order valence-corrected chi connectivity index (χ3v) is 2.32. The summed E-state index contributed by atoms with van der Waals surface area (Å²) in [4.78, 5) is 1.02. The second kappa shape index (κ2) is 9.14. The fourth-order valence-corrected chi connectivity index (χ4v) is 1.32. The first-order chi connectivity index (χ1) is 6.79. The van der Waals surface area contributed by atoms with Gasteiger partial charge in [0.05, 0.1) is 0 Å². The molecule has 0 aliphatic rings. The van der Waals surface area contributed by atoms with Crippen LogP contribution in [0.25, 0.3) is 0 Å². The van der Waals surface area contributed by atoms with Crippen molar-refractivity contribution >= 4 is 28.6 Å². The van der Waals surface area contributed by atoms with Gasteiger partial charge < -0.3 is 0 Å². The largest absolute Gasteiger partial charge is 0.143 e. The molecule has 3 heteroatoms. The molecule has 0 spiro atoms. The Bertz CT molecular complexity index is 313. The summed E-state index contributed by atoms with van der Waals surface area (Å²) in [5, 5.41) is 0. The minimum atomic E-state index is 0. The molecule has 0 bridgehead atoms.